The van der Waals surface area contributed by atoms with Crippen molar-refractivity contribution < 1.29 is 9.53 Å². The average molecular weight is 245 g/mol. The van der Waals surface area contributed by atoms with Crippen LogP contribution in [0.5, 0.6) is 0 Å². The first-order chi connectivity index (χ1) is 7.04. The third kappa shape index (κ3) is 1.44. The Balaban J connectivity index is 2.44. The van der Waals surface area contributed by atoms with Gasteiger partial charge in [-0.25, -0.2) is 0 Å². The van der Waals surface area contributed by atoms with Crippen LogP contribution in [0.25, 0.3) is 0 Å². The predicted molar refractivity (Wildman–Crippen MR) is 59.2 cm³/mol. The molecule has 4 heteroatoms. The first-order valence-corrected chi connectivity index (χ1v) is 5.32. The molecule has 0 N–H and O–H groups in total. The molecule has 1 unspecified atom stereocenters. The van der Waals surface area contributed by atoms with Crippen LogP contribution in [0.3, 0.4) is 0 Å². The van der Waals surface area contributed by atoms with E-state index in [2.05, 4.69) is 0 Å². The van der Waals surface area contributed by atoms with Gasteiger partial charge in [0.05, 0.1) is 7.11 Å². The molecule has 2 rings (SSSR count). The topological polar surface area (TPSA) is 26.3 Å². The van der Waals surface area contributed by atoms with E-state index in [4.69, 9.17) is 27.9 Å². The lowest BCUT2D eigenvalue weighted by atomic mass is 9.96. The maximum atomic E-state index is 11.7. The van der Waals surface area contributed by atoms with Crippen LogP contribution in [0.15, 0.2) is 30.3 Å². The van der Waals surface area contributed by atoms with E-state index >= 15 is 0 Å². The first-order valence-electron chi connectivity index (χ1n) is 4.56. The number of ether oxygens (including phenoxy) is 1. The maximum Gasteiger partial charge on any atom is 0.319 e. The Hall–Kier alpha value is -0.730. The van der Waals surface area contributed by atoms with Gasteiger partial charge in [-0.2, -0.15) is 0 Å². The van der Waals surface area contributed by atoms with Gasteiger partial charge in [0.1, 0.15) is 9.75 Å². The summed E-state index contributed by atoms with van der Waals surface area (Å²) in [4.78, 5) is 11.7. The van der Waals surface area contributed by atoms with E-state index in [0.717, 1.165) is 5.56 Å². The number of halogens is 2. The van der Waals surface area contributed by atoms with Crippen molar-refractivity contribution in [3.63, 3.8) is 0 Å². The van der Waals surface area contributed by atoms with Crippen molar-refractivity contribution in [2.45, 2.75) is 16.2 Å². The second-order valence-corrected chi connectivity index (χ2v) is 5.13. The van der Waals surface area contributed by atoms with Crippen molar-refractivity contribution in [3.05, 3.63) is 35.9 Å². The van der Waals surface area contributed by atoms with Gasteiger partial charge in [-0.05, 0) is 5.56 Å². The van der Waals surface area contributed by atoms with E-state index in [1.54, 1.807) is 0 Å². The fourth-order valence-corrected chi connectivity index (χ4v) is 2.61. The third-order valence-corrected chi connectivity index (χ3v) is 3.70. The van der Waals surface area contributed by atoms with Crippen molar-refractivity contribution in [1.82, 2.24) is 0 Å². The van der Waals surface area contributed by atoms with Crippen LogP contribution in [0.4, 0.5) is 0 Å². The molecule has 0 aromatic heterocycles. The van der Waals surface area contributed by atoms with Gasteiger partial charge in [-0.3, -0.25) is 4.79 Å². The van der Waals surface area contributed by atoms with E-state index in [1.807, 2.05) is 30.3 Å². The van der Waals surface area contributed by atoms with Crippen LogP contribution in [-0.4, -0.2) is 17.4 Å². The molecule has 0 bridgehead atoms. The Morgan fingerprint density at radius 2 is 1.87 bits per heavy atom. The Labute approximate surface area is 98.1 Å². The van der Waals surface area contributed by atoms with E-state index in [0.29, 0.717) is 6.42 Å². The lowest BCUT2D eigenvalue weighted by molar-refractivity contribution is -0.143. The standard InChI is InChI=1S/C11H10Cl2O2/c1-15-9(14)10(7-11(10,12)13)8-5-3-2-4-6-8/h2-6H,7H2,1H3. The molecular formula is C11H10Cl2O2. The zero-order chi connectivity index (χ0) is 11.1. The van der Waals surface area contributed by atoms with Crippen LogP contribution in [-0.2, 0) is 14.9 Å². The second kappa shape index (κ2) is 3.39. The summed E-state index contributed by atoms with van der Waals surface area (Å²) >= 11 is 12.1. The smallest absolute Gasteiger partial charge is 0.319 e. The molecule has 0 amide bonds. The Morgan fingerprint density at radius 1 is 1.33 bits per heavy atom. The highest BCUT2D eigenvalue weighted by atomic mass is 35.5. The summed E-state index contributed by atoms with van der Waals surface area (Å²) in [6.07, 6.45) is 0.403. The zero-order valence-electron chi connectivity index (χ0n) is 8.17. The molecule has 1 atom stereocenters. The highest BCUT2D eigenvalue weighted by Gasteiger charge is 2.73. The first kappa shape index (κ1) is 10.8. The van der Waals surface area contributed by atoms with Crippen molar-refractivity contribution in [1.29, 1.82) is 0 Å². The molecule has 0 aliphatic heterocycles. The predicted octanol–water partition coefficient (Wildman–Crippen LogP) is 2.68. The zero-order valence-corrected chi connectivity index (χ0v) is 9.68. The molecule has 0 spiro atoms. The Kier molecular flexibility index (Phi) is 2.44. The molecule has 15 heavy (non-hydrogen) atoms. The average Bonchev–Trinajstić information content (AvgIpc) is 2.83. The van der Waals surface area contributed by atoms with Crippen molar-refractivity contribution in [2.75, 3.05) is 7.11 Å². The third-order valence-electron chi connectivity index (χ3n) is 2.79. The molecule has 2 nitrogen and oxygen atoms in total. The Bertz CT molecular complexity index is 389. The minimum absolute atomic E-state index is 0.376. The summed E-state index contributed by atoms with van der Waals surface area (Å²) in [5.41, 5.74) is -0.0755. The number of rotatable bonds is 2. The van der Waals surface area contributed by atoms with E-state index in [9.17, 15) is 4.79 Å². The monoisotopic (exact) mass is 244 g/mol. The van der Waals surface area contributed by atoms with Crippen LogP contribution in [0.1, 0.15) is 12.0 Å². The van der Waals surface area contributed by atoms with Gasteiger partial charge in [0.2, 0.25) is 0 Å². The molecular weight excluding hydrogens is 235 g/mol. The number of carbonyl (C=O) groups excluding carboxylic acids is 1. The van der Waals surface area contributed by atoms with Crippen molar-refractivity contribution in [2.24, 2.45) is 0 Å². The highest BCUT2D eigenvalue weighted by Crippen LogP contribution is 2.65. The summed E-state index contributed by atoms with van der Waals surface area (Å²) in [6, 6.07) is 9.25. The van der Waals surface area contributed by atoms with Gasteiger partial charge in [0.25, 0.3) is 0 Å². The van der Waals surface area contributed by atoms with Gasteiger partial charge in [0.15, 0.2) is 0 Å². The van der Waals surface area contributed by atoms with E-state index in [1.165, 1.54) is 7.11 Å². The molecule has 0 saturated heterocycles. The lowest BCUT2D eigenvalue weighted by Crippen LogP contribution is -2.27. The molecule has 0 radical (unpaired) electrons. The molecule has 80 valence electrons. The largest absolute Gasteiger partial charge is 0.468 e. The summed E-state index contributed by atoms with van der Waals surface area (Å²) < 4.78 is 3.72. The molecule has 1 aromatic carbocycles. The van der Waals surface area contributed by atoms with Crippen LogP contribution in [0.2, 0.25) is 0 Å². The van der Waals surface area contributed by atoms with Crippen LogP contribution in [0, 0.1) is 0 Å². The SMILES string of the molecule is COC(=O)C1(c2ccccc2)CC1(Cl)Cl. The van der Waals surface area contributed by atoms with E-state index in [-0.39, 0.29) is 5.97 Å². The summed E-state index contributed by atoms with van der Waals surface area (Å²) in [7, 11) is 1.34. The quantitative estimate of drug-likeness (QED) is 0.591. The number of hydrogen-bond donors (Lipinski definition) is 0. The van der Waals surface area contributed by atoms with Crippen molar-refractivity contribution >= 4 is 29.2 Å². The fraction of sp³-hybridized carbons (Fsp3) is 0.364. The summed E-state index contributed by atoms with van der Waals surface area (Å²) in [5.74, 6) is -0.376. The van der Waals surface area contributed by atoms with E-state index < -0.39 is 9.75 Å². The number of hydrogen-bond acceptors (Lipinski definition) is 2. The summed E-state index contributed by atoms with van der Waals surface area (Å²) in [6.45, 7) is 0. The van der Waals surface area contributed by atoms with Gasteiger partial charge in [-0.15, -0.1) is 0 Å². The number of methoxy groups -OCH3 is 1. The molecule has 1 aromatic rings. The molecule has 1 saturated carbocycles. The number of carbonyl (C=O) groups is 1. The molecule has 0 heterocycles. The summed E-state index contributed by atoms with van der Waals surface area (Å²) in [5, 5.41) is 0. The maximum absolute atomic E-state index is 11.7. The minimum atomic E-state index is -1.04. The van der Waals surface area contributed by atoms with Crippen molar-refractivity contribution in [3.8, 4) is 0 Å². The van der Waals surface area contributed by atoms with Gasteiger partial charge in [-0.1, -0.05) is 53.5 Å². The lowest BCUT2D eigenvalue weighted by Gasteiger charge is -2.15. The Morgan fingerprint density at radius 3 is 2.27 bits per heavy atom. The number of alkyl halides is 2. The second-order valence-electron chi connectivity index (χ2n) is 3.64. The highest BCUT2D eigenvalue weighted by molar-refractivity contribution is 6.54. The fourth-order valence-electron chi connectivity index (χ4n) is 1.84. The number of esters is 1. The molecule has 1 aliphatic rings. The van der Waals surface area contributed by atoms with Gasteiger partial charge >= 0.3 is 5.97 Å². The van der Waals surface area contributed by atoms with Crippen LogP contribution < -0.4 is 0 Å². The molecule has 1 fully saturated rings. The molecule has 1 aliphatic carbocycles. The number of benzene rings is 1. The minimum Gasteiger partial charge on any atom is -0.468 e. The van der Waals surface area contributed by atoms with Crippen LogP contribution >= 0.6 is 23.2 Å². The van der Waals surface area contributed by atoms with Gasteiger partial charge < -0.3 is 4.74 Å². The normalized spacial score (nSPS) is 27.1. The van der Waals surface area contributed by atoms with Gasteiger partial charge in [0, 0.05) is 6.42 Å².